The van der Waals surface area contributed by atoms with Gasteiger partial charge in [0.2, 0.25) is 0 Å². The summed E-state index contributed by atoms with van der Waals surface area (Å²) in [6, 6.07) is 16.6. The number of benzene rings is 2. The Bertz CT molecular complexity index is 898. The number of rotatable bonds is 4. The summed E-state index contributed by atoms with van der Waals surface area (Å²) in [7, 11) is 1.67. The molecule has 0 bridgehead atoms. The minimum atomic E-state index is 0.840. The number of methoxy groups -OCH3 is 1. The van der Waals surface area contributed by atoms with Crippen LogP contribution in [0.4, 0.5) is 5.69 Å². The zero-order chi connectivity index (χ0) is 18.0. The lowest BCUT2D eigenvalue weighted by Crippen LogP contribution is -2.00. The molecule has 1 heterocycles. The van der Waals surface area contributed by atoms with Crippen LogP contribution in [0, 0.1) is 27.7 Å². The van der Waals surface area contributed by atoms with E-state index in [-0.39, 0.29) is 0 Å². The van der Waals surface area contributed by atoms with Gasteiger partial charge in [0.25, 0.3) is 0 Å². The Labute approximate surface area is 149 Å². The van der Waals surface area contributed by atoms with Crippen molar-refractivity contribution < 1.29 is 4.74 Å². The summed E-state index contributed by atoms with van der Waals surface area (Å²) < 4.78 is 7.47. The molecule has 0 amide bonds. The molecule has 1 aromatic heterocycles. The first-order chi connectivity index (χ1) is 12.0. The van der Waals surface area contributed by atoms with Crippen LogP contribution in [0.15, 0.2) is 53.5 Å². The van der Waals surface area contributed by atoms with Crippen molar-refractivity contribution in [3.63, 3.8) is 0 Å². The second kappa shape index (κ2) is 6.98. The van der Waals surface area contributed by atoms with Gasteiger partial charge in [-0.1, -0.05) is 6.07 Å². The maximum absolute atomic E-state index is 5.18. The first-order valence-corrected chi connectivity index (χ1v) is 8.43. The van der Waals surface area contributed by atoms with Gasteiger partial charge >= 0.3 is 0 Å². The van der Waals surface area contributed by atoms with Gasteiger partial charge in [0.1, 0.15) is 5.75 Å². The number of aliphatic imine (C=N–C) groups is 1. The van der Waals surface area contributed by atoms with Gasteiger partial charge in [-0.25, -0.2) is 0 Å². The third-order valence-electron chi connectivity index (χ3n) is 4.36. The van der Waals surface area contributed by atoms with E-state index in [1.165, 1.54) is 28.2 Å². The summed E-state index contributed by atoms with van der Waals surface area (Å²) in [6.45, 7) is 8.54. The van der Waals surface area contributed by atoms with E-state index in [0.717, 1.165) is 17.0 Å². The van der Waals surface area contributed by atoms with Crippen molar-refractivity contribution in [1.82, 2.24) is 4.57 Å². The van der Waals surface area contributed by atoms with Gasteiger partial charge in [-0.05, 0) is 81.3 Å². The van der Waals surface area contributed by atoms with Gasteiger partial charge in [0.05, 0.1) is 12.8 Å². The number of aromatic nitrogens is 1. The average molecular weight is 332 g/mol. The van der Waals surface area contributed by atoms with Crippen molar-refractivity contribution >= 4 is 11.9 Å². The van der Waals surface area contributed by atoms with Gasteiger partial charge in [-0.15, -0.1) is 0 Å². The molecule has 0 saturated heterocycles. The largest absolute Gasteiger partial charge is 0.497 e. The van der Waals surface area contributed by atoms with Crippen LogP contribution in [0.5, 0.6) is 5.75 Å². The molecule has 0 spiro atoms. The topological polar surface area (TPSA) is 26.5 Å². The Morgan fingerprint density at radius 3 is 2.12 bits per heavy atom. The minimum Gasteiger partial charge on any atom is -0.497 e. The third kappa shape index (κ3) is 3.66. The van der Waals surface area contributed by atoms with E-state index in [2.05, 4.69) is 61.5 Å². The molecule has 3 heteroatoms. The predicted octanol–water partition coefficient (Wildman–Crippen LogP) is 5.47. The van der Waals surface area contributed by atoms with Crippen molar-refractivity contribution in [2.75, 3.05) is 7.11 Å². The Morgan fingerprint density at radius 2 is 1.52 bits per heavy atom. The smallest absolute Gasteiger partial charge is 0.119 e. The summed E-state index contributed by atoms with van der Waals surface area (Å²) in [5.41, 5.74) is 8.20. The highest BCUT2D eigenvalue weighted by molar-refractivity contribution is 5.84. The van der Waals surface area contributed by atoms with E-state index in [9.17, 15) is 0 Å². The summed E-state index contributed by atoms with van der Waals surface area (Å²) in [4.78, 5) is 4.60. The average Bonchev–Trinajstić information content (AvgIpc) is 2.86. The van der Waals surface area contributed by atoms with Crippen molar-refractivity contribution in [3.05, 3.63) is 76.6 Å². The SMILES string of the molecule is COc1ccc(N=Cc2cc(C)n(-c3cc(C)cc(C)c3)c2C)cc1. The fraction of sp³-hybridized carbons (Fsp3) is 0.227. The Kier molecular flexibility index (Phi) is 4.75. The zero-order valence-corrected chi connectivity index (χ0v) is 15.5. The molecule has 2 aromatic carbocycles. The van der Waals surface area contributed by atoms with Crippen molar-refractivity contribution in [1.29, 1.82) is 0 Å². The standard InChI is InChI=1S/C22H24N2O/c1-15-10-16(2)12-21(11-15)24-17(3)13-19(18(24)4)14-23-20-6-8-22(25-5)9-7-20/h6-14H,1-5H3. The van der Waals surface area contributed by atoms with E-state index < -0.39 is 0 Å². The van der Waals surface area contributed by atoms with Crippen LogP contribution in [0.1, 0.15) is 28.1 Å². The number of aryl methyl sites for hydroxylation is 3. The molecule has 0 aliphatic carbocycles. The molecular weight excluding hydrogens is 308 g/mol. The quantitative estimate of drug-likeness (QED) is 0.582. The van der Waals surface area contributed by atoms with E-state index in [4.69, 9.17) is 4.74 Å². The first-order valence-electron chi connectivity index (χ1n) is 8.43. The van der Waals surface area contributed by atoms with Crippen LogP contribution in [0.25, 0.3) is 5.69 Å². The van der Waals surface area contributed by atoms with E-state index in [1.807, 2.05) is 30.5 Å². The summed E-state index contributed by atoms with van der Waals surface area (Å²) >= 11 is 0. The summed E-state index contributed by atoms with van der Waals surface area (Å²) in [5.74, 6) is 0.840. The number of hydrogen-bond acceptors (Lipinski definition) is 2. The van der Waals surface area contributed by atoms with Crippen LogP contribution in [-0.2, 0) is 0 Å². The molecular formula is C22H24N2O. The molecule has 0 N–H and O–H groups in total. The zero-order valence-electron chi connectivity index (χ0n) is 15.5. The Balaban J connectivity index is 1.94. The van der Waals surface area contributed by atoms with Crippen molar-refractivity contribution in [3.8, 4) is 11.4 Å². The number of hydrogen-bond donors (Lipinski definition) is 0. The highest BCUT2D eigenvalue weighted by Gasteiger charge is 2.10. The molecule has 0 radical (unpaired) electrons. The highest BCUT2D eigenvalue weighted by atomic mass is 16.5. The molecule has 3 rings (SSSR count). The van der Waals surface area contributed by atoms with E-state index in [1.54, 1.807) is 7.11 Å². The molecule has 128 valence electrons. The Morgan fingerprint density at radius 1 is 0.880 bits per heavy atom. The molecule has 0 saturated carbocycles. The maximum Gasteiger partial charge on any atom is 0.119 e. The first kappa shape index (κ1) is 17.0. The lowest BCUT2D eigenvalue weighted by molar-refractivity contribution is 0.415. The van der Waals surface area contributed by atoms with Crippen molar-refractivity contribution in [2.24, 2.45) is 4.99 Å². The monoisotopic (exact) mass is 332 g/mol. The van der Waals surface area contributed by atoms with Gasteiger partial charge in [0, 0.05) is 28.9 Å². The Hall–Kier alpha value is -2.81. The molecule has 0 aliphatic heterocycles. The fourth-order valence-corrected chi connectivity index (χ4v) is 3.21. The minimum absolute atomic E-state index is 0.840. The number of ether oxygens (including phenoxy) is 1. The molecule has 3 aromatic rings. The van der Waals surface area contributed by atoms with E-state index >= 15 is 0 Å². The predicted molar refractivity (Wildman–Crippen MR) is 105 cm³/mol. The van der Waals surface area contributed by atoms with Gasteiger partial charge in [0.15, 0.2) is 0 Å². The number of nitrogens with zero attached hydrogens (tertiary/aromatic N) is 2. The molecule has 3 nitrogen and oxygen atoms in total. The van der Waals surface area contributed by atoms with E-state index in [0.29, 0.717) is 0 Å². The van der Waals surface area contributed by atoms with Crippen LogP contribution in [-0.4, -0.2) is 17.9 Å². The summed E-state index contributed by atoms with van der Waals surface area (Å²) in [5, 5.41) is 0. The highest BCUT2D eigenvalue weighted by Crippen LogP contribution is 2.23. The fourth-order valence-electron chi connectivity index (χ4n) is 3.21. The van der Waals surface area contributed by atoms with Gasteiger partial charge < -0.3 is 9.30 Å². The summed E-state index contributed by atoms with van der Waals surface area (Å²) in [6.07, 6.45) is 1.93. The third-order valence-corrected chi connectivity index (χ3v) is 4.36. The molecule has 0 unspecified atom stereocenters. The second-order valence-corrected chi connectivity index (χ2v) is 6.46. The molecule has 0 atom stereocenters. The van der Waals surface area contributed by atoms with Gasteiger partial charge in [-0.3, -0.25) is 4.99 Å². The molecule has 25 heavy (non-hydrogen) atoms. The van der Waals surface area contributed by atoms with Crippen molar-refractivity contribution in [2.45, 2.75) is 27.7 Å². The van der Waals surface area contributed by atoms with Crippen LogP contribution in [0.3, 0.4) is 0 Å². The molecule has 0 fully saturated rings. The van der Waals surface area contributed by atoms with Crippen LogP contribution in [0.2, 0.25) is 0 Å². The normalized spacial score (nSPS) is 11.2. The lowest BCUT2D eigenvalue weighted by atomic mass is 10.1. The maximum atomic E-state index is 5.18. The van der Waals surface area contributed by atoms with Crippen LogP contribution < -0.4 is 4.74 Å². The second-order valence-electron chi connectivity index (χ2n) is 6.46. The van der Waals surface area contributed by atoms with Gasteiger partial charge in [-0.2, -0.15) is 0 Å². The molecule has 0 aliphatic rings. The van der Waals surface area contributed by atoms with Crippen LogP contribution >= 0.6 is 0 Å². The lowest BCUT2D eigenvalue weighted by Gasteiger charge is -2.11.